The van der Waals surface area contributed by atoms with E-state index in [9.17, 15) is 9.59 Å². The van der Waals surface area contributed by atoms with Crippen LogP contribution < -0.4 is 5.32 Å². The fourth-order valence-corrected chi connectivity index (χ4v) is 5.23. The minimum atomic E-state index is -0.153. The Morgan fingerprint density at radius 1 is 0.824 bits per heavy atom. The normalized spacial score (nSPS) is 13.9. The maximum absolute atomic E-state index is 13.6. The van der Waals surface area contributed by atoms with E-state index in [1.807, 2.05) is 77.0 Å². The van der Waals surface area contributed by atoms with E-state index in [-0.39, 0.29) is 24.5 Å². The lowest BCUT2D eigenvalue weighted by Gasteiger charge is -2.35. The van der Waals surface area contributed by atoms with E-state index in [4.69, 9.17) is 0 Å². The molecule has 0 unspecified atom stereocenters. The number of benzene rings is 2. The summed E-state index contributed by atoms with van der Waals surface area (Å²) < 4.78 is 0. The lowest BCUT2D eigenvalue weighted by molar-refractivity contribution is -0.133. The summed E-state index contributed by atoms with van der Waals surface area (Å²) in [5.74, 6) is -0.0160. The Kier molecular flexibility index (Phi) is 8.74. The molecule has 1 fully saturated rings. The average Bonchev–Trinajstić information content (AvgIpc) is 3.40. The zero-order valence-electron chi connectivity index (χ0n) is 19.6. The molecule has 1 aliphatic carbocycles. The van der Waals surface area contributed by atoms with Crippen molar-refractivity contribution in [3.63, 3.8) is 0 Å². The van der Waals surface area contributed by atoms with E-state index in [2.05, 4.69) is 11.4 Å². The molecule has 5 nitrogen and oxygen atoms in total. The van der Waals surface area contributed by atoms with Crippen LogP contribution in [0.1, 0.15) is 48.1 Å². The third-order valence-electron chi connectivity index (χ3n) is 6.36. The second-order valence-electron chi connectivity index (χ2n) is 8.88. The fraction of sp³-hybridized carbons (Fsp3) is 0.357. The molecule has 34 heavy (non-hydrogen) atoms. The van der Waals surface area contributed by atoms with Gasteiger partial charge in [0, 0.05) is 24.0 Å². The Hall–Kier alpha value is -3.12. The summed E-state index contributed by atoms with van der Waals surface area (Å²) in [5.41, 5.74) is 2.14. The third kappa shape index (κ3) is 6.94. The molecule has 1 saturated carbocycles. The lowest BCUT2D eigenvalue weighted by Crippen LogP contribution is -2.51. The van der Waals surface area contributed by atoms with Crippen molar-refractivity contribution in [1.29, 1.82) is 0 Å². The Labute approximate surface area is 206 Å². The van der Waals surface area contributed by atoms with Gasteiger partial charge < -0.3 is 15.1 Å². The summed E-state index contributed by atoms with van der Waals surface area (Å²) in [6, 6.07) is 24.0. The number of hydrogen-bond acceptors (Lipinski definition) is 3. The SMILES string of the molecule is O=C(CN(C(=O)NCc1ccccc1)C1CCCCC1)N(Cc1ccccc1)Cc1cccs1. The van der Waals surface area contributed by atoms with Crippen LogP contribution in [-0.4, -0.2) is 34.3 Å². The largest absolute Gasteiger partial charge is 0.334 e. The average molecular weight is 476 g/mol. The van der Waals surface area contributed by atoms with Crippen LogP contribution in [0.2, 0.25) is 0 Å². The molecule has 178 valence electrons. The highest BCUT2D eigenvalue weighted by molar-refractivity contribution is 7.09. The van der Waals surface area contributed by atoms with Gasteiger partial charge in [-0.2, -0.15) is 0 Å². The second-order valence-corrected chi connectivity index (χ2v) is 9.91. The standard InChI is InChI=1S/C28H33N3O2S/c32-27(30(21-26-17-10-18-34-26)20-24-13-6-2-7-14-24)22-31(25-15-8-3-9-16-25)28(33)29-19-23-11-4-1-5-12-23/h1-2,4-7,10-14,17-18,25H,3,8-9,15-16,19-22H2,(H,29,33). The number of rotatable bonds is 9. The molecular formula is C28H33N3O2S. The maximum Gasteiger partial charge on any atom is 0.318 e. The number of carbonyl (C=O) groups excluding carboxylic acids is 2. The van der Waals surface area contributed by atoms with E-state index in [1.165, 1.54) is 6.42 Å². The monoisotopic (exact) mass is 475 g/mol. The van der Waals surface area contributed by atoms with Crippen LogP contribution in [0.5, 0.6) is 0 Å². The first kappa shape index (κ1) is 24.0. The molecule has 3 amide bonds. The van der Waals surface area contributed by atoms with Crippen molar-refractivity contribution in [1.82, 2.24) is 15.1 Å². The molecule has 6 heteroatoms. The molecule has 4 rings (SSSR count). The third-order valence-corrected chi connectivity index (χ3v) is 7.23. The van der Waals surface area contributed by atoms with Gasteiger partial charge in [-0.15, -0.1) is 11.3 Å². The topological polar surface area (TPSA) is 52.7 Å². The van der Waals surface area contributed by atoms with Crippen LogP contribution in [0.25, 0.3) is 0 Å². The summed E-state index contributed by atoms with van der Waals surface area (Å²) in [5, 5.41) is 5.09. The van der Waals surface area contributed by atoms with Crippen molar-refractivity contribution in [2.45, 2.75) is 57.8 Å². The van der Waals surface area contributed by atoms with Crippen LogP contribution in [-0.2, 0) is 24.4 Å². The fourth-order valence-electron chi connectivity index (χ4n) is 4.51. The van der Waals surface area contributed by atoms with Crippen LogP contribution in [0.4, 0.5) is 4.79 Å². The van der Waals surface area contributed by atoms with E-state index >= 15 is 0 Å². The van der Waals surface area contributed by atoms with Gasteiger partial charge in [-0.25, -0.2) is 4.79 Å². The number of amides is 3. The lowest BCUT2D eigenvalue weighted by atomic mass is 9.94. The maximum atomic E-state index is 13.6. The van der Waals surface area contributed by atoms with Gasteiger partial charge in [0.2, 0.25) is 5.91 Å². The Morgan fingerprint density at radius 2 is 1.50 bits per heavy atom. The van der Waals surface area contributed by atoms with Crippen LogP contribution >= 0.6 is 11.3 Å². The first-order chi connectivity index (χ1) is 16.7. The van der Waals surface area contributed by atoms with Crippen molar-refractivity contribution >= 4 is 23.3 Å². The Morgan fingerprint density at radius 3 is 2.15 bits per heavy atom. The van der Waals surface area contributed by atoms with Crippen molar-refractivity contribution < 1.29 is 9.59 Å². The number of carbonyl (C=O) groups is 2. The summed E-state index contributed by atoms with van der Waals surface area (Å²) in [7, 11) is 0. The summed E-state index contributed by atoms with van der Waals surface area (Å²) >= 11 is 1.65. The van der Waals surface area contributed by atoms with Gasteiger partial charge in [-0.3, -0.25) is 4.79 Å². The van der Waals surface area contributed by atoms with Crippen molar-refractivity contribution in [2.75, 3.05) is 6.54 Å². The molecule has 0 bridgehead atoms. The number of urea groups is 1. The van der Waals surface area contributed by atoms with Crippen molar-refractivity contribution in [2.24, 2.45) is 0 Å². The molecule has 0 saturated heterocycles. The highest BCUT2D eigenvalue weighted by Gasteiger charge is 2.29. The van der Waals surface area contributed by atoms with Gasteiger partial charge >= 0.3 is 6.03 Å². The molecule has 1 aliphatic rings. The van der Waals surface area contributed by atoms with E-state index < -0.39 is 0 Å². The highest BCUT2D eigenvalue weighted by atomic mass is 32.1. The van der Waals surface area contributed by atoms with E-state index in [1.54, 1.807) is 16.2 Å². The number of nitrogens with one attached hydrogen (secondary N) is 1. The first-order valence-electron chi connectivity index (χ1n) is 12.1. The number of nitrogens with zero attached hydrogens (tertiary/aromatic N) is 2. The predicted octanol–water partition coefficient (Wildman–Crippen LogP) is 5.82. The minimum Gasteiger partial charge on any atom is -0.334 e. The smallest absolute Gasteiger partial charge is 0.318 e. The quantitative estimate of drug-likeness (QED) is 0.424. The van der Waals surface area contributed by atoms with Crippen molar-refractivity contribution in [3.05, 3.63) is 94.2 Å². The molecule has 0 atom stereocenters. The Balaban J connectivity index is 1.48. The molecule has 0 aliphatic heterocycles. The van der Waals surface area contributed by atoms with Crippen molar-refractivity contribution in [3.8, 4) is 0 Å². The first-order valence-corrected chi connectivity index (χ1v) is 13.0. The zero-order valence-corrected chi connectivity index (χ0v) is 20.4. The van der Waals surface area contributed by atoms with E-state index in [0.717, 1.165) is 41.7 Å². The highest BCUT2D eigenvalue weighted by Crippen LogP contribution is 2.23. The van der Waals surface area contributed by atoms with Gasteiger partial charge in [0.15, 0.2) is 0 Å². The Bertz CT molecular complexity index is 1020. The summed E-state index contributed by atoms with van der Waals surface area (Å²) in [6.07, 6.45) is 5.31. The molecular weight excluding hydrogens is 442 g/mol. The molecule has 3 aromatic rings. The number of thiophene rings is 1. The van der Waals surface area contributed by atoms with Crippen LogP contribution in [0.3, 0.4) is 0 Å². The molecule has 1 aromatic heterocycles. The predicted molar refractivity (Wildman–Crippen MR) is 137 cm³/mol. The van der Waals surface area contributed by atoms with Crippen LogP contribution in [0, 0.1) is 0 Å². The number of hydrogen-bond donors (Lipinski definition) is 1. The minimum absolute atomic E-state index is 0.0160. The molecule has 1 heterocycles. The molecule has 1 N–H and O–H groups in total. The zero-order chi connectivity index (χ0) is 23.6. The van der Waals surface area contributed by atoms with Gasteiger partial charge in [-0.05, 0) is 35.4 Å². The molecule has 0 spiro atoms. The van der Waals surface area contributed by atoms with E-state index in [0.29, 0.717) is 19.6 Å². The van der Waals surface area contributed by atoms with Gasteiger partial charge in [-0.1, -0.05) is 86.0 Å². The summed E-state index contributed by atoms with van der Waals surface area (Å²) in [6.45, 7) is 1.64. The molecule has 2 aromatic carbocycles. The second kappa shape index (κ2) is 12.4. The van der Waals surface area contributed by atoms with Gasteiger partial charge in [0.05, 0.1) is 6.54 Å². The molecule has 0 radical (unpaired) electrons. The van der Waals surface area contributed by atoms with Crippen LogP contribution in [0.15, 0.2) is 78.2 Å². The van der Waals surface area contributed by atoms with Gasteiger partial charge in [0.1, 0.15) is 6.54 Å². The summed E-state index contributed by atoms with van der Waals surface area (Å²) in [4.78, 5) is 31.7. The van der Waals surface area contributed by atoms with Gasteiger partial charge in [0.25, 0.3) is 0 Å².